The second kappa shape index (κ2) is 4.43. The summed E-state index contributed by atoms with van der Waals surface area (Å²) in [5.41, 5.74) is -0.457. The lowest BCUT2D eigenvalue weighted by atomic mass is 10.2. The van der Waals surface area contributed by atoms with Gasteiger partial charge >= 0.3 is 6.18 Å². The second-order valence-electron chi connectivity index (χ2n) is 4.59. The molecule has 0 saturated heterocycles. The summed E-state index contributed by atoms with van der Waals surface area (Å²) in [6, 6.07) is 2.09. The minimum Gasteiger partial charge on any atom is -0.440 e. The summed E-state index contributed by atoms with van der Waals surface area (Å²) in [5.74, 6) is 0.823. The maximum Gasteiger partial charge on any atom is 0.433 e. The maximum absolute atomic E-state index is 12.4. The van der Waals surface area contributed by atoms with Crippen molar-refractivity contribution in [2.24, 2.45) is 0 Å². The van der Waals surface area contributed by atoms with Crippen LogP contribution in [-0.4, -0.2) is 16.3 Å². The number of halogens is 3. The first-order valence-electron chi connectivity index (χ1n) is 5.98. The van der Waals surface area contributed by atoms with Gasteiger partial charge in [-0.05, 0) is 25.0 Å². The molecule has 0 radical (unpaired) electrons. The van der Waals surface area contributed by atoms with E-state index in [-0.39, 0.29) is 17.5 Å². The Bertz CT molecular complexity index is 643. The summed E-state index contributed by atoms with van der Waals surface area (Å²) in [5, 5.41) is 0. The normalized spacial score (nSPS) is 15.3. The molecular weight excluding hydrogens is 273 g/mol. The van der Waals surface area contributed by atoms with E-state index in [9.17, 15) is 18.0 Å². The predicted octanol–water partition coefficient (Wildman–Crippen LogP) is 3.45. The molecule has 0 spiro atoms. The van der Waals surface area contributed by atoms with Gasteiger partial charge in [0.1, 0.15) is 17.1 Å². The lowest BCUT2D eigenvalue weighted by molar-refractivity contribution is -0.141. The van der Waals surface area contributed by atoms with Crippen LogP contribution in [0, 0.1) is 0 Å². The van der Waals surface area contributed by atoms with Crippen LogP contribution in [0.5, 0.6) is 0 Å². The number of hydrogen-bond acceptors (Lipinski definition) is 4. The molecule has 2 aromatic rings. The van der Waals surface area contributed by atoms with Gasteiger partial charge in [0.15, 0.2) is 6.29 Å². The van der Waals surface area contributed by atoms with Crippen molar-refractivity contribution in [3.8, 4) is 11.5 Å². The lowest BCUT2D eigenvalue weighted by Gasteiger charge is -2.04. The molecule has 104 valence electrons. The van der Waals surface area contributed by atoms with E-state index in [1.54, 1.807) is 0 Å². The first-order valence-corrected chi connectivity index (χ1v) is 5.98. The van der Waals surface area contributed by atoms with Crippen LogP contribution in [0.3, 0.4) is 0 Å². The monoisotopic (exact) mass is 282 g/mol. The SMILES string of the molecule is O=Cc1nc(-c2ccc(C(F)(F)F)nc2)oc1C1CC1. The van der Waals surface area contributed by atoms with E-state index in [4.69, 9.17) is 4.42 Å². The summed E-state index contributed by atoms with van der Waals surface area (Å²) in [7, 11) is 0. The van der Waals surface area contributed by atoms with Gasteiger partial charge in [-0.25, -0.2) is 4.98 Å². The molecule has 1 saturated carbocycles. The zero-order valence-corrected chi connectivity index (χ0v) is 10.1. The van der Waals surface area contributed by atoms with E-state index in [0.717, 1.165) is 25.1 Å². The Kier molecular flexibility index (Phi) is 2.84. The number of aldehydes is 1. The Balaban J connectivity index is 1.94. The summed E-state index contributed by atoms with van der Waals surface area (Å²) in [6.07, 6.45) is -0.984. The van der Waals surface area contributed by atoms with E-state index < -0.39 is 11.9 Å². The topological polar surface area (TPSA) is 56.0 Å². The fraction of sp³-hybridized carbons (Fsp3) is 0.308. The molecule has 1 aliphatic rings. The molecule has 20 heavy (non-hydrogen) atoms. The zero-order valence-electron chi connectivity index (χ0n) is 10.1. The van der Waals surface area contributed by atoms with Crippen LogP contribution in [0.15, 0.2) is 22.7 Å². The number of rotatable bonds is 3. The van der Waals surface area contributed by atoms with Crippen molar-refractivity contribution in [1.29, 1.82) is 0 Å². The fourth-order valence-corrected chi connectivity index (χ4v) is 1.88. The van der Waals surface area contributed by atoms with Crippen LogP contribution in [0.4, 0.5) is 13.2 Å². The molecule has 0 bridgehead atoms. The molecule has 3 rings (SSSR count). The third kappa shape index (κ3) is 2.31. The van der Waals surface area contributed by atoms with Crippen LogP contribution in [0.1, 0.15) is 40.7 Å². The van der Waals surface area contributed by atoms with Crippen LogP contribution in [0.25, 0.3) is 11.5 Å². The molecule has 2 aromatic heterocycles. The van der Waals surface area contributed by atoms with Gasteiger partial charge in [-0.1, -0.05) is 0 Å². The van der Waals surface area contributed by atoms with Gasteiger partial charge in [-0.3, -0.25) is 9.78 Å². The number of alkyl halides is 3. The summed E-state index contributed by atoms with van der Waals surface area (Å²) in [4.78, 5) is 18.2. The molecule has 0 aromatic carbocycles. The average molecular weight is 282 g/mol. The van der Waals surface area contributed by atoms with Crippen molar-refractivity contribution in [3.05, 3.63) is 35.5 Å². The smallest absolute Gasteiger partial charge is 0.433 e. The highest BCUT2D eigenvalue weighted by molar-refractivity contribution is 5.75. The number of oxazole rings is 1. The van der Waals surface area contributed by atoms with Crippen LogP contribution >= 0.6 is 0 Å². The third-order valence-electron chi connectivity index (χ3n) is 3.04. The predicted molar refractivity (Wildman–Crippen MR) is 62.1 cm³/mol. The van der Waals surface area contributed by atoms with E-state index in [0.29, 0.717) is 17.6 Å². The second-order valence-corrected chi connectivity index (χ2v) is 4.59. The highest BCUT2D eigenvalue weighted by Gasteiger charge is 2.33. The largest absolute Gasteiger partial charge is 0.440 e. The highest BCUT2D eigenvalue weighted by Crippen LogP contribution is 2.42. The van der Waals surface area contributed by atoms with Crippen LogP contribution in [0.2, 0.25) is 0 Å². The summed E-state index contributed by atoms with van der Waals surface area (Å²) < 4.78 is 42.7. The minimum absolute atomic E-state index is 0.121. The number of aromatic nitrogens is 2. The molecule has 0 N–H and O–H groups in total. The van der Waals surface area contributed by atoms with Gasteiger partial charge < -0.3 is 4.42 Å². The Morgan fingerprint density at radius 1 is 1.30 bits per heavy atom. The van der Waals surface area contributed by atoms with Crippen molar-refractivity contribution < 1.29 is 22.4 Å². The van der Waals surface area contributed by atoms with Crippen molar-refractivity contribution in [2.75, 3.05) is 0 Å². The molecule has 2 heterocycles. The minimum atomic E-state index is -4.48. The van der Waals surface area contributed by atoms with Crippen LogP contribution < -0.4 is 0 Å². The van der Waals surface area contributed by atoms with Crippen LogP contribution in [-0.2, 0) is 6.18 Å². The van der Waals surface area contributed by atoms with E-state index in [1.807, 2.05) is 0 Å². The lowest BCUT2D eigenvalue weighted by Crippen LogP contribution is -2.07. The van der Waals surface area contributed by atoms with Gasteiger partial charge in [-0.2, -0.15) is 13.2 Å². The number of nitrogens with zero attached hydrogens (tertiary/aromatic N) is 2. The molecule has 0 aliphatic heterocycles. The number of carbonyl (C=O) groups is 1. The van der Waals surface area contributed by atoms with Crippen molar-refractivity contribution in [2.45, 2.75) is 24.9 Å². The Labute approximate surface area is 111 Å². The van der Waals surface area contributed by atoms with Gasteiger partial charge in [-0.15, -0.1) is 0 Å². The Hall–Kier alpha value is -2.18. The molecule has 0 unspecified atom stereocenters. The fourth-order valence-electron chi connectivity index (χ4n) is 1.88. The summed E-state index contributed by atoms with van der Waals surface area (Å²) in [6.45, 7) is 0. The third-order valence-corrected chi connectivity index (χ3v) is 3.04. The van der Waals surface area contributed by atoms with E-state index in [2.05, 4.69) is 9.97 Å². The van der Waals surface area contributed by atoms with Crippen molar-refractivity contribution >= 4 is 6.29 Å². The molecule has 1 fully saturated rings. The van der Waals surface area contributed by atoms with E-state index in [1.165, 1.54) is 6.07 Å². The molecule has 0 atom stereocenters. The molecular formula is C13H9F3N2O2. The maximum atomic E-state index is 12.4. The van der Waals surface area contributed by atoms with Crippen molar-refractivity contribution in [1.82, 2.24) is 9.97 Å². The van der Waals surface area contributed by atoms with Gasteiger partial charge in [0, 0.05) is 12.1 Å². The molecule has 4 nitrogen and oxygen atoms in total. The highest BCUT2D eigenvalue weighted by atomic mass is 19.4. The van der Waals surface area contributed by atoms with Crippen molar-refractivity contribution in [3.63, 3.8) is 0 Å². The molecule has 1 aliphatic carbocycles. The average Bonchev–Trinajstić information content (AvgIpc) is 3.17. The Morgan fingerprint density at radius 3 is 2.55 bits per heavy atom. The quantitative estimate of drug-likeness (QED) is 0.809. The number of pyridine rings is 1. The van der Waals surface area contributed by atoms with Gasteiger partial charge in [0.25, 0.3) is 0 Å². The molecule has 0 amide bonds. The van der Waals surface area contributed by atoms with Gasteiger partial charge in [0.05, 0.1) is 5.56 Å². The number of carbonyl (C=O) groups excluding carboxylic acids is 1. The first kappa shape index (κ1) is 12.8. The molecule has 7 heteroatoms. The standard InChI is InChI=1S/C13H9F3N2O2/c14-13(15,16)10-4-3-8(5-17-10)12-18-9(6-19)11(20-12)7-1-2-7/h3-7H,1-2H2. The van der Waals surface area contributed by atoms with E-state index >= 15 is 0 Å². The Morgan fingerprint density at radius 2 is 2.05 bits per heavy atom. The number of hydrogen-bond donors (Lipinski definition) is 0. The zero-order chi connectivity index (χ0) is 14.3. The van der Waals surface area contributed by atoms with Gasteiger partial charge in [0.2, 0.25) is 5.89 Å². The summed E-state index contributed by atoms with van der Waals surface area (Å²) >= 11 is 0. The first-order chi connectivity index (χ1) is 9.49.